The summed E-state index contributed by atoms with van der Waals surface area (Å²) in [6.07, 6.45) is 0.962. The molecular weight excluding hydrogens is 296 g/mol. The summed E-state index contributed by atoms with van der Waals surface area (Å²) in [4.78, 5) is 15.1. The van der Waals surface area contributed by atoms with Crippen LogP contribution in [0.1, 0.15) is 12.0 Å². The maximum atomic E-state index is 11.0. The zero-order valence-corrected chi connectivity index (χ0v) is 12.2. The number of rotatable bonds is 2. The minimum Gasteiger partial charge on any atom is -0.480 e. The van der Waals surface area contributed by atoms with E-state index in [1.807, 2.05) is 18.9 Å². The summed E-state index contributed by atoms with van der Waals surface area (Å²) in [5, 5.41) is 9.02. The molecule has 0 atom stereocenters. The minimum absolute atomic E-state index is 0.0523. The molecule has 18 heavy (non-hydrogen) atoms. The number of fused-ring (bicyclic) bond motifs is 1. The summed E-state index contributed by atoms with van der Waals surface area (Å²) in [6, 6.07) is 4.13. The zero-order chi connectivity index (χ0) is 13.3. The van der Waals surface area contributed by atoms with E-state index in [-0.39, 0.29) is 6.54 Å². The van der Waals surface area contributed by atoms with Crippen LogP contribution in [0.2, 0.25) is 0 Å². The molecule has 0 unspecified atom stereocenters. The van der Waals surface area contributed by atoms with E-state index in [1.54, 1.807) is 0 Å². The third-order valence-corrected chi connectivity index (χ3v) is 3.76. The van der Waals surface area contributed by atoms with Gasteiger partial charge in [-0.3, -0.25) is 4.79 Å². The standard InChI is InChI=1S/C13H17BrN2O2/c1-9-6-10(14)13-11(7-9)16(8-12(17)18)5-3-4-15(13)2/h6-7H,3-5,8H2,1-2H3,(H,17,18). The van der Waals surface area contributed by atoms with Crippen molar-refractivity contribution < 1.29 is 9.90 Å². The maximum absolute atomic E-state index is 11.0. The first-order valence-corrected chi connectivity index (χ1v) is 6.76. The summed E-state index contributed by atoms with van der Waals surface area (Å²) in [5.74, 6) is -0.789. The highest BCUT2D eigenvalue weighted by Crippen LogP contribution is 2.38. The average molecular weight is 313 g/mol. The molecule has 0 amide bonds. The van der Waals surface area contributed by atoms with Gasteiger partial charge in [-0.05, 0) is 47.0 Å². The topological polar surface area (TPSA) is 43.8 Å². The molecule has 1 aliphatic heterocycles. The fourth-order valence-electron chi connectivity index (χ4n) is 2.39. The number of nitrogens with zero attached hydrogens (tertiary/aromatic N) is 2. The average Bonchev–Trinajstić information content (AvgIpc) is 2.38. The van der Waals surface area contributed by atoms with Crippen LogP contribution in [0.5, 0.6) is 0 Å². The fourth-order valence-corrected chi connectivity index (χ4v) is 3.26. The number of anilines is 2. The van der Waals surface area contributed by atoms with Crippen molar-refractivity contribution in [2.45, 2.75) is 13.3 Å². The lowest BCUT2D eigenvalue weighted by atomic mass is 10.1. The molecule has 98 valence electrons. The number of carboxylic acids is 1. The van der Waals surface area contributed by atoms with Crippen molar-refractivity contribution in [1.29, 1.82) is 0 Å². The Kier molecular flexibility index (Phi) is 3.80. The predicted molar refractivity (Wildman–Crippen MR) is 76.6 cm³/mol. The molecule has 0 aromatic heterocycles. The van der Waals surface area contributed by atoms with Gasteiger partial charge in [0.1, 0.15) is 6.54 Å². The summed E-state index contributed by atoms with van der Waals surface area (Å²) in [5.41, 5.74) is 3.22. The van der Waals surface area contributed by atoms with E-state index in [4.69, 9.17) is 5.11 Å². The van der Waals surface area contributed by atoms with Gasteiger partial charge in [0.15, 0.2) is 0 Å². The number of carbonyl (C=O) groups is 1. The normalized spacial score (nSPS) is 15.3. The summed E-state index contributed by atoms with van der Waals surface area (Å²) >= 11 is 3.59. The molecule has 0 saturated carbocycles. The summed E-state index contributed by atoms with van der Waals surface area (Å²) < 4.78 is 1.03. The van der Waals surface area contributed by atoms with Crippen LogP contribution < -0.4 is 9.80 Å². The monoisotopic (exact) mass is 312 g/mol. The van der Waals surface area contributed by atoms with Crippen molar-refractivity contribution in [3.05, 3.63) is 22.2 Å². The molecule has 1 N–H and O–H groups in total. The molecule has 4 nitrogen and oxygen atoms in total. The molecule has 1 aliphatic rings. The Bertz CT molecular complexity index is 476. The molecule has 0 radical (unpaired) electrons. The number of halogens is 1. The first-order valence-electron chi connectivity index (χ1n) is 5.97. The summed E-state index contributed by atoms with van der Waals surface area (Å²) in [6.45, 7) is 3.79. The molecule has 0 bridgehead atoms. The zero-order valence-electron chi connectivity index (χ0n) is 10.6. The van der Waals surface area contributed by atoms with Crippen molar-refractivity contribution in [1.82, 2.24) is 0 Å². The molecule has 0 aliphatic carbocycles. The van der Waals surface area contributed by atoms with Crippen LogP contribution in [-0.4, -0.2) is 37.8 Å². The fraction of sp³-hybridized carbons (Fsp3) is 0.462. The van der Waals surface area contributed by atoms with Crippen LogP contribution in [0.4, 0.5) is 11.4 Å². The Balaban J connectivity index is 2.50. The van der Waals surface area contributed by atoms with Crippen LogP contribution in [0.3, 0.4) is 0 Å². The smallest absolute Gasteiger partial charge is 0.323 e. The van der Waals surface area contributed by atoms with Crippen LogP contribution in [0.25, 0.3) is 0 Å². The Morgan fingerprint density at radius 2 is 2.17 bits per heavy atom. The molecule has 0 saturated heterocycles. The lowest BCUT2D eigenvalue weighted by Crippen LogP contribution is -2.30. The third-order valence-electron chi connectivity index (χ3n) is 3.16. The van der Waals surface area contributed by atoms with Crippen molar-refractivity contribution >= 4 is 33.3 Å². The SMILES string of the molecule is Cc1cc(Br)c2c(c1)N(CC(=O)O)CCCN2C. The molecule has 2 rings (SSSR count). The quantitative estimate of drug-likeness (QED) is 0.911. The highest BCUT2D eigenvalue weighted by Gasteiger charge is 2.22. The van der Waals surface area contributed by atoms with Gasteiger partial charge in [-0.2, -0.15) is 0 Å². The van der Waals surface area contributed by atoms with Crippen molar-refractivity contribution in [2.24, 2.45) is 0 Å². The number of carboxylic acid groups (broad SMARTS) is 1. The molecule has 1 aromatic carbocycles. The second-order valence-electron chi connectivity index (χ2n) is 4.70. The van der Waals surface area contributed by atoms with E-state index in [2.05, 4.69) is 33.0 Å². The van der Waals surface area contributed by atoms with Gasteiger partial charge in [0, 0.05) is 24.6 Å². The van der Waals surface area contributed by atoms with E-state index < -0.39 is 5.97 Å². The molecule has 1 heterocycles. The van der Waals surface area contributed by atoms with E-state index in [9.17, 15) is 4.79 Å². The number of hydrogen-bond acceptors (Lipinski definition) is 3. The molecular formula is C13H17BrN2O2. The second kappa shape index (κ2) is 5.18. The van der Waals surface area contributed by atoms with E-state index in [1.165, 1.54) is 0 Å². The lowest BCUT2D eigenvalue weighted by Gasteiger charge is -2.26. The second-order valence-corrected chi connectivity index (χ2v) is 5.56. The molecule has 5 heteroatoms. The Hall–Kier alpha value is -1.23. The van der Waals surface area contributed by atoms with Crippen LogP contribution >= 0.6 is 15.9 Å². The van der Waals surface area contributed by atoms with Crippen molar-refractivity contribution in [2.75, 3.05) is 36.5 Å². The molecule has 0 fully saturated rings. The number of hydrogen-bond donors (Lipinski definition) is 1. The van der Waals surface area contributed by atoms with Gasteiger partial charge in [0.25, 0.3) is 0 Å². The van der Waals surface area contributed by atoms with Gasteiger partial charge in [0.05, 0.1) is 11.4 Å². The molecule has 1 aromatic rings. The summed E-state index contributed by atoms with van der Waals surface area (Å²) in [7, 11) is 2.04. The third kappa shape index (κ3) is 2.61. The lowest BCUT2D eigenvalue weighted by molar-refractivity contribution is -0.135. The highest BCUT2D eigenvalue weighted by molar-refractivity contribution is 9.10. The van der Waals surface area contributed by atoms with E-state index in [0.29, 0.717) is 0 Å². The Morgan fingerprint density at radius 3 is 2.83 bits per heavy atom. The first-order chi connectivity index (χ1) is 8.49. The van der Waals surface area contributed by atoms with Gasteiger partial charge in [0.2, 0.25) is 0 Å². The van der Waals surface area contributed by atoms with Gasteiger partial charge >= 0.3 is 5.97 Å². The van der Waals surface area contributed by atoms with Gasteiger partial charge in [-0.1, -0.05) is 0 Å². The first kappa shape index (κ1) is 13.2. The predicted octanol–water partition coefficient (Wildman–Crippen LogP) is 2.49. The van der Waals surface area contributed by atoms with Crippen LogP contribution in [-0.2, 0) is 4.79 Å². The van der Waals surface area contributed by atoms with Gasteiger partial charge < -0.3 is 14.9 Å². The van der Waals surface area contributed by atoms with Crippen molar-refractivity contribution in [3.8, 4) is 0 Å². The Labute approximate surface area is 115 Å². The van der Waals surface area contributed by atoms with Gasteiger partial charge in [-0.15, -0.1) is 0 Å². The van der Waals surface area contributed by atoms with Crippen LogP contribution in [0.15, 0.2) is 16.6 Å². The Morgan fingerprint density at radius 1 is 1.44 bits per heavy atom. The van der Waals surface area contributed by atoms with E-state index in [0.717, 1.165) is 40.9 Å². The maximum Gasteiger partial charge on any atom is 0.323 e. The minimum atomic E-state index is -0.789. The van der Waals surface area contributed by atoms with Crippen LogP contribution in [0, 0.1) is 6.92 Å². The molecule has 0 spiro atoms. The number of aliphatic carboxylic acids is 1. The number of aryl methyl sites for hydroxylation is 1. The highest BCUT2D eigenvalue weighted by atomic mass is 79.9. The number of benzene rings is 1. The largest absolute Gasteiger partial charge is 0.480 e. The van der Waals surface area contributed by atoms with Crippen molar-refractivity contribution in [3.63, 3.8) is 0 Å². The van der Waals surface area contributed by atoms with Gasteiger partial charge in [-0.25, -0.2) is 0 Å². The van der Waals surface area contributed by atoms with E-state index >= 15 is 0 Å².